The van der Waals surface area contributed by atoms with Gasteiger partial charge in [0.25, 0.3) is 5.91 Å². The lowest BCUT2D eigenvalue weighted by atomic mass is 10.1. The van der Waals surface area contributed by atoms with Gasteiger partial charge in [-0.15, -0.1) is 0 Å². The van der Waals surface area contributed by atoms with Crippen molar-refractivity contribution in [3.8, 4) is 0 Å². The zero-order valence-corrected chi connectivity index (χ0v) is 21.1. The van der Waals surface area contributed by atoms with Crippen molar-refractivity contribution >= 4 is 16.9 Å². The second kappa shape index (κ2) is 15.3. The minimum atomic E-state index is 0.0170. The second-order valence-electron chi connectivity index (χ2n) is 9.43. The van der Waals surface area contributed by atoms with Gasteiger partial charge in [0, 0.05) is 25.1 Å². The monoisotopic (exact) mass is 461 g/mol. The molecule has 4 nitrogen and oxygen atoms in total. The maximum Gasteiger partial charge on any atom is 0.251 e. The highest BCUT2D eigenvalue weighted by Gasteiger charge is 2.10. The largest absolute Gasteiger partial charge is 0.352 e. The van der Waals surface area contributed by atoms with Crippen molar-refractivity contribution in [3.63, 3.8) is 0 Å². The molecule has 1 heterocycles. The summed E-state index contributed by atoms with van der Waals surface area (Å²) in [5.41, 5.74) is 3.11. The third-order valence-electron chi connectivity index (χ3n) is 6.62. The van der Waals surface area contributed by atoms with Gasteiger partial charge in [0.15, 0.2) is 0 Å². The SMILES string of the molecule is CCCCCCCCCCCn1c(CCCCCNC(=O)c2ccccc2)nc2ccccc21. The maximum atomic E-state index is 12.1. The molecule has 0 unspecified atom stereocenters. The Morgan fingerprint density at radius 1 is 0.765 bits per heavy atom. The minimum absolute atomic E-state index is 0.0170. The van der Waals surface area contributed by atoms with Crippen LogP contribution in [0.15, 0.2) is 54.6 Å². The van der Waals surface area contributed by atoms with E-state index >= 15 is 0 Å². The summed E-state index contributed by atoms with van der Waals surface area (Å²) in [4.78, 5) is 17.1. The van der Waals surface area contributed by atoms with Crippen molar-refractivity contribution in [2.45, 2.75) is 96.9 Å². The summed E-state index contributed by atoms with van der Waals surface area (Å²) < 4.78 is 2.45. The van der Waals surface area contributed by atoms with E-state index in [2.05, 4.69) is 41.1 Å². The highest BCUT2D eigenvalue weighted by Crippen LogP contribution is 2.19. The number of unbranched alkanes of at least 4 members (excludes halogenated alkanes) is 10. The van der Waals surface area contributed by atoms with E-state index < -0.39 is 0 Å². The van der Waals surface area contributed by atoms with Crippen LogP contribution in [-0.2, 0) is 13.0 Å². The van der Waals surface area contributed by atoms with Crippen LogP contribution in [-0.4, -0.2) is 22.0 Å². The smallest absolute Gasteiger partial charge is 0.251 e. The Labute approximate surface area is 206 Å². The summed E-state index contributed by atoms with van der Waals surface area (Å²) in [6.45, 7) is 4.07. The number of carbonyl (C=O) groups is 1. The van der Waals surface area contributed by atoms with Gasteiger partial charge < -0.3 is 9.88 Å². The summed E-state index contributed by atoms with van der Waals surface area (Å²) in [7, 11) is 0. The molecular weight excluding hydrogens is 418 g/mol. The minimum Gasteiger partial charge on any atom is -0.352 e. The quantitative estimate of drug-likeness (QED) is 0.209. The molecule has 4 heteroatoms. The van der Waals surface area contributed by atoms with Gasteiger partial charge in [-0.05, 0) is 43.5 Å². The number of carbonyl (C=O) groups excluding carboxylic acids is 1. The van der Waals surface area contributed by atoms with Gasteiger partial charge in [0.2, 0.25) is 0 Å². The van der Waals surface area contributed by atoms with Crippen LogP contribution in [0.4, 0.5) is 0 Å². The standard InChI is InChI=1S/C30H43N3O/c1-2-3-4-5-6-7-8-9-18-25-33-28-22-16-15-21-27(28)32-29(33)23-14-11-17-24-31-30(34)26-19-12-10-13-20-26/h10,12-13,15-16,19-22H,2-9,11,14,17-18,23-25H2,1H3,(H,31,34). The summed E-state index contributed by atoms with van der Waals surface area (Å²) in [5.74, 6) is 1.23. The number of hydrogen-bond acceptors (Lipinski definition) is 2. The van der Waals surface area contributed by atoms with Crippen molar-refractivity contribution in [3.05, 3.63) is 66.0 Å². The Balaban J connectivity index is 1.37. The Hall–Kier alpha value is -2.62. The third-order valence-corrected chi connectivity index (χ3v) is 6.62. The van der Waals surface area contributed by atoms with Crippen LogP contribution in [0.5, 0.6) is 0 Å². The Morgan fingerprint density at radius 3 is 2.18 bits per heavy atom. The number of nitrogens with zero attached hydrogens (tertiary/aromatic N) is 2. The van der Waals surface area contributed by atoms with Crippen LogP contribution < -0.4 is 5.32 Å². The Bertz CT molecular complexity index is 964. The first-order valence-electron chi connectivity index (χ1n) is 13.6. The number of benzene rings is 2. The van der Waals surface area contributed by atoms with Crippen LogP contribution in [0, 0.1) is 0 Å². The van der Waals surface area contributed by atoms with Crippen LogP contribution in [0.2, 0.25) is 0 Å². The van der Waals surface area contributed by atoms with E-state index in [9.17, 15) is 4.79 Å². The first-order chi connectivity index (χ1) is 16.8. The molecule has 3 aromatic rings. The Kier molecular flexibility index (Phi) is 11.7. The molecule has 0 aliphatic carbocycles. The zero-order valence-electron chi connectivity index (χ0n) is 21.1. The first kappa shape index (κ1) is 26.0. The zero-order chi connectivity index (χ0) is 23.8. The van der Waals surface area contributed by atoms with E-state index in [-0.39, 0.29) is 5.91 Å². The maximum absolute atomic E-state index is 12.1. The van der Waals surface area contributed by atoms with E-state index in [1.54, 1.807) is 0 Å². The number of aromatic nitrogens is 2. The number of rotatable bonds is 17. The first-order valence-corrected chi connectivity index (χ1v) is 13.6. The number of nitrogens with one attached hydrogen (secondary N) is 1. The lowest BCUT2D eigenvalue weighted by Crippen LogP contribution is -2.24. The van der Waals surface area contributed by atoms with Gasteiger partial charge in [-0.2, -0.15) is 0 Å². The predicted octanol–water partition coefficient (Wildman–Crippen LogP) is 7.71. The molecule has 3 rings (SSSR count). The third kappa shape index (κ3) is 8.62. The van der Waals surface area contributed by atoms with Gasteiger partial charge in [0.05, 0.1) is 11.0 Å². The van der Waals surface area contributed by atoms with Gasteiger partial charge in [0.1, 0.15) is 5.82 Å². The topological polar surface area (TPSA) is 46.9 Å². The lowest BCUT2D eigenvalue weighted by Gasteiger charge is -2.10. The molecule has 0 aliphatic rings. The van der Waals surface area contributed by atoms with E-state index in [1.165, 1.54) is 69.1 Å². The van der Waals surface area contributed by atoms with Crippen molar-refractivity contribution < 1.29 is 4.79 Å². The van der Waals surface area contributed by atoms with Gasteiger partial charge in [-0.3, -0.25) is 4.79 Å². The average molecular weight is 462 g/mol. The van der Waals surface area contributed by atoms with Crippen molar-refractivity contribution in [2.24, 2.45) is 0 Å². The van der Waals surface area contributed by atoms with Gasteiger partial charge in [-0.25, -0.2) is 4.98 Å². The highest BCUT2D eigenvalue weighted by molar-refractivity contribution is 5.94. The molecule has 0 saturated heterocycles. The number of para-hydroxylation sites is 2. The molecular formula is C30H43N3O. The van der Waals surface area contributed by atoms with Crippen LogP contribution in [0.1, 0.15) is 100 Å². The summed E-state index contributed by atoms with van der Waals surface area (Å²) >= 11 is 0. The molecule has 0 atom stereocenters. The second-order valence-corrected chi connectivity index (χ2v) is 9.43. The number of hydrogen-bond donors (Lipinski definition) is 1. The number of amides is 1. The molecule has 0 bridgehead atoms. The number of fused-ring (bicyclic) bond motifs is 1. The van der Waals surface area contributed by atoms with Crippen molar-refractivity contribution in [1.29, 1.82) is 0 Å². The fraction of sp³-hybridized carbons (Fsp3) is 0.533. The van der Waals surface area contributed by atoms with Crippen molar-refractivity contribution in [1.82, 2.24) is 14.9 Å². The fourth-order valence-electron chi connectivity index (χ4n) is 4.62. The molecule has 0 saturated carbocycles. The molecule has 0 radical (unpaired) electrons. The van der Waals surface area contributed by atoms with Crippen LogP contribution in [0.3, 0.4) is 0 Å². The molecule has 1 N–H and O–H groups in total. The molecule has 0 fully saturated rings. The van der Waals surface area contributed by atoms with E-state index in [0.717, 1.165) is 49.9 Å². The normalized spacial score (nSPS) is 11.2. The molecule has 1 aromatic heterocycles. The van der Waals surface area contributed by atoms with Crippen LogP contribution >= 0.6 is 0 Å². The molecule has 2 aromatic carbocycles. The predicted molar refractivity (Wildman–Crippen MR) is 143 cm³/mol. The molecule has 1 amide bonds. The molecule has 184 valence electrons. The molecule has 0 aliphatic heterocycles. The van der Waals surface area contributed by atoms with E-state index in [0.29, 0.717) is 0 Å². The fourth-order valence-corrected chi connectivity index (χ4v) is 4.62. The number of imidazole rings is 1. The number of aryl methyl sites for hydroxylation is 2. The molecule has 34 heavy (non-hydrogen) atoms. The molecule has 0 spiro atoms. The Morgan fingerprint density at radius 2 is 1.41 bits per heavy atom. The van der Waals surface area contributed by atoms with Crippen LogP contribution in [0.25, 0.3) is 11.0 Å². The van der Waals surface area contributed by atoms with Gasteiger partial charge in [-0.1, -0.05) is 95.0 Å². The van der Waals surface area contributed by atoms with Crippen molar-refractivity contribution in [2.75, 3.05) is 6.54 Å². The lowest BCUT2D eigenvalue weighted by molar-refractivity contribution is 0.0953. The van der Waals surface area contributed by atoms with E-state index in [4.69, 9.17) is 4.98 Å². The van der Waals surface area contributed by atoms with E-state index in [1.807, 2.05) is 30.3 Å². The van der Waals surface area contributed by atoms with Gasteiger partial charge >= 0.3 is 0 Å². The summed E-state index contributed by atoms with van der Waals surface area (Å²) in [6.07, 6.45) is 16.4. The average Bonchev–Trinajstić information content (AvgIpc) is 3.22. The summed E-state index contributed by atoms with van der Waals surface area (Å²) in [6, 6.07) is 18.0. The highest BCUT2D eigenvalue weighted by atomic mass is 16.1. The summed E-state index contributed by atoms with van der Waals surface area (Å²) in [5, 5.41) is 3.03.